The van der Waals surface area contributed by atoms with Gasteiger partial charge in [-0.2, -0.15) is 0 Å². The fourth-order valence-corrected chi connectivity index (χ4v) is 4.62. The van der Waals surface area contributed by atoms with Crippen molar-refractivity contribution in [3.05, 3.63) is 35.0 Å². The van der Waals surface area contributed by atoms with Crippen molar-refractivity contribution in [1.82, 2.24) is 14.8 Å². The molecule has 1 aliphatic rings. The average Bonchev–Trinajstić information content (AvgIpc) is 2.90. The van der Waals surface area contributed by atoms with Crippen LogP contribution >= 0.6 is 0 Å². The van der Waals surface area contributed by atoms with Crippen LogP contribution in [0.2, 0.25) is 0 Å². The van der Waals surface area contributed by atoms with Crippen molar-refractivity contribution in [3.8, 4) is 5.75 Å². The third-order valence-electron chi connectivity index (χ3n) is 6.67. The summed E-state index contributed by atoms with van der Waals surface area (Å²) in [6.45, 7) is 6.03. The Morgan fingerprint density at radius 1 is 1.05 bits per heavy atom. The number of carbonyl (C=O) groups excluding carboxylic acids is 3. The van der Waals surface area contributed by atoms with Gasteiger partial charge in [-0.25, -0.2) is 9.59 Å². The number of ether oxygens (including phenoxy) is 2. The minimum Gasteiger partial charge on any atom is -0.481 e. The molecule has 2 heterocycles. The minimum atomic E-state index is -1.32. The summed E-state index contributed by atoms with van der Waals surface area (Å²) in [4.78, 5) is 69.7. The van der Waals surface area contributed by atoms with Crippen molar-refractivity contribution in [2.75, 3.05) is 32.8 Å². The fraction of sp³-hybridized carbons (Fsp3) is 0.481. The molecule has 0 saturated carbocycles. The van der Waals surface area contributed by atoms with Crippen LogP contribution in [0, 0.1) is 6.92 Å². The molecule has 2 aromatic rings. The monoisotopic (exact) mass is 558 g/mol. The molecule has 2 unspecified atom stereocenters. The van der Waals surface area contributed by atoms with Gasteiger partial charge in [0.15, 0.2) is 6.10 Å². The molecule has 13 nitrogen and oxygen atoms in total. The van der Waals surface area contributed by atoms with E-state index in [-0.39, 0.29) is 62.6 Å². The van der Waals surface area contributed by atoms with Gasteiger partial charge in [0, 0.05) is 38.0 Å². The van der Waals surface area contributed by atoms with Gasteiger partial charge in [-0.1, -0.05) is 13.0 Å². The van der Waals surface area contributed by atoms with Gasteiger partial charge in [-0.05, 0) is 44.4 Å². The van der Waals surface area contributed by atoms with Crippen LogP contribution < -0.4 is 10.5 Å². The van der Waals surface area contributed by atoms with Crippen LogP contribution in [0.1, 0.15) is 60.6 Å². The first-order valence-corrected chi connectivity index (χ1v) is 13.0. The Balaban J connectivity index is 2.14. The molecule has 2 atom stereocenters. The Hall–Kier alpha value is -4.42. The standard InChI is InChI=1S/C27H34N4O9/c1-4-19(26(36)37)40-23-16-7-6-15(3)14-18(16)29-22(21(23)24(28)34)17(8-9-20(32)33)25(35)30-10-12-31(13-11-30)27(38)39-5-2/h6-7,14,17,19H,4-5,8-13H2,1-3H3,(H2,28,34)(H,32,33)(H,36,37). The minimum absolute atomic E-state index is 0.0741. The van der Waals surface area contributed by atoms with Crippen molar-refractivity contribution in [2.45, 2.75) is 52.1 Å². The smallest absolute Gasteiger partial charge is 0.409 e. The Morgan fingerprint density at radius 2 is 1.70 bits per heavy atom. The summed E-state index contributed by atoms with van der Waals surface area (Å²) in [5, 5.41) is 19.4. The quantitative estimate of drug-likeness (QED) is 0.368. The topological polar surface area (TPSA) is 190 Å². The molecule has 0 aliphatic carbocycles. The number of aryl methyl sites for hydroxylation is 1. The number of carboxylic acids is 2. The molecule has 13 heteroatoms. The highest BCUT2D eigenvalue weighted by molar-refractivity contribution is 6.05. The van der Waals surface area contributed by atoms with Gasteiger partial charge >= 0.3 is 18.0 Å². The van der Waals surface area contributed by atoms with Crippen LogP contribution in [-0.4, -0.2) is 93.7 Å². The van der Waals surface area contributed by atoms with E-state index >= 15 is 0 Å². The van der Waals surface area contributed by atoms with Gasteiger partial charge in [0.05, 0.1) is 23.7 Å². The van der Waals surface area contributed by atoms with E-state index in [1.807, 2.05) is 6.92 Å². The van der Waals surface area contributed by atoms with Gasteiger partial charge in [0.25, 0.3) is 5.91 Å². The molecular formula is C27H34N4O9. The summed E-state index contributed by atoms with van der Waals surface area (Å²) >= 11 is 0. The lowest BCUT2D eigenvalue weighted by Gasteiger charge is -2.36. The lowest BCUT2D eigenvalue weighted by atomic mass is 9.91. The zero-order chi connectivity index (χ0) is 29.6. The predicted octanol–water partition coefficient (Wildman–Crippen LogP) is 2.13. The molecular weight excluding hydrogens is 524 g/mol. The summed E-state index contributed by atoms with van der Waals surface area (Å²) in [5.41, 5.74) is 6.55. The number of nitrogens with zero attached hydrogens (tertiary/aromatic N) is 3. The largest absolute Gasteiger partial charge is 0.481 e. The number of hydrogen-bond acceptors (Lipinski definition) is 8. The molecule has 3 rings (SSSR count). The number of hydrogen-bond donors (Lipinski definition) is 3. The molecule has 3 amide bonds. The second kappa shape index (κ2) is 13.1. The molecule has 40 heavy (non-hydrogen) atoms. The summed E-state index contributed by atoms with van der Waals surface area (Å²) < 4.78 is 10.9. The van der Waals surface area contributed by atoms with Crippen LogP contribution in [0.3, 0.4) is 0 Å². The summed E-state index contributed by atoms with van der Waals surface area (Å²) in [5.74, 6) is -5.24. The molecule has 0 radical (unpaired) electrons. The van der Waals surface area contributed by atoms with Crippen molar-refractivity contribution < 1.29 is 43.7 Å². The van der Waals surface area contributed by atoms with Crippen molar-refractivity contribution in [2.24, 2.45) is 5.73 Å². The summed E-state index contributed by atoms with van der Waals surface area (Å²) in [6.07, 6.45) is -2.35. The highest BCUT2D eigenvalue weighted by atomic mass is 16.6. The average molecular weight is 559 g/mol. The van der Waals surface area contributed by atoms with Gasteiger partial charge in [-0.3, -0.25) is 19.4 Å². The maximum absolute atomic E-state index is 13.9. The van der Waals surface area contributed by atoms with Crippen molar-refractivity contribution in [3.63, 3.8) is 0 Å². The molecule has 4 N–H and O–H groups in total. The number of pyridine rings is 1. The molecule has 216 valence electrons. The summed E-state index contributed by atoms with van der Waals surface area (Å²) in [7, 11) is 0. The molecule has 0 bridgehead atoms. The zero-order valence-electron chi connectivity index (χ0n) is 22.7. The third kappa shape index (κ3) is 6.77. The predicted molar refractivity (Wildman–Crippen MR) is 142 cm³/mol. The molecule has 1 aromatic carbocycles. The first kappa shape index (κ1) is 30.1. The van der Waals surface area contributed by atoms with Crippen molar-refractivity contribution >= 4 is 40.7 Å². The van der Waals surface area contributed by atoms with E-state index in [1.165, 1.54) is 9.80 Å². The maximum Gasteiger partial charge on any atom is 0.409 e. The highest BCUT2D eigenvalue weighted by Crippen LogP contribution is 2.37. The van der Waals surface area contributed by atoms with Crippen LogP contribution in [0.5, 0.6) is 5.75 Å². The Labute approximate surface area is 230 Å². The second-order valence-corrected chi connectivity index (χ2v) is 9.44. The number of carbonyl (C=O) groups is 5. The summed E-state index contributed by atoms with van der Waals surface area (Å²) in [6, 6.07) is 5.05. The molecule has 1 saturated heterocycles. The van der Waals surface area contributed by atoms with E-state index in [0.29, 0.717) is 10.9 Å². The number of carboxylic acid groups (broad SMARTS) is 2. The van der Waals surface area contributed by atoms with Crippen LogP contribution in [0.4, 0.5) is 4.79 Å². The number of aromatic nitrogens is 1. The Kier molecular flexibility index (Phi) is 9.86. The zero-order valence-corrected chi connectivity index (χ0v) is 22.7. The number of nitrogens with two attached hydrogens (primary N) is 1. The number of piperazine rings is 1. The van der Waals surface area contributed by atoms with Crippen LogP contribution in [0.25, 0.3) is 10.9 Å². The number of aliphatic carboxylic acids is 2. The van der Waals surface area contributed by atoms with Gasteiger partial charge in [0.1, 0.15) is 11.3 Å². The first-order valence-electron chi connectivity index (χ1n) is 13.0. The number of primary amides is 1. The van der Waals surface area contributed by atoms with Crippen LogP contribution in [0.15, 0.2) is 18.2 Å². The lowest BCUT2D eigenvalue weighted by molar-refractivity contribution is -0.145. The second-order valence-electron chi connectivity index (χ2n) is 9.44. The van der Waals surface area contributed by atoms with E-state index in [0.717, 1.165) is 5.56 Å². The van der Waals surface area contributed by atoms with Gasteiger partial charge in [-0.15, -0.1) is 0 Å². The van der Waals surface area contributed by atoms with E-state index in [9.17, 15) is 34.2 Å². The SMILES string of the molecule is CCOC(=O)N1CCN(C(=O)C(CCC(=O)O)c2nc3cc(C)ccc3c(OC(CC)C(=O)O)c2C(N)=O)CC1. The molecule has 1 fully saturated rings. The van der Waals surface area contributed by atoms with Gasteiger partial charge < -0.3 is 35.2 Å². The Morgan fingerprint density at radius 3 is 2.25 bits per heavy atom. The molecule has 1 aromatic heterocycles. The van der Waals surface area contributed by atoms with E-state index in [2.05, 4.69) is 4.98 Å². The van der Waals surface area contributed by atoms with E-state index in [4.69, 9.17) is 15.2 Å². The lowest BCUT2D eigenvalue weighted by Crippen LogP contribution is -2.52. The van der Waals surface area contributed by atoms with Crippen molar-refractivity contribution in [1.29, 1.82) is 0 Å². The first-order chi connectivity index (χ1) is 19.0. The normalized spacial score (nSPS) is 14.9. The van der Waals surface area contributed by atoms with E-state index in [1.54, 1.807) is 32.0 Å². The fourth-order valence-electron chi connectivity index (χ4n) is 4.62. The number of benzene rings is 1. The number of fused-ring (bicyclic) bond motifs is 1. The highest BCUT2D eigenvalue weighted by Gasteiger charge is 2.36. The maximum atomic E-state index is 13.9. The van der Waals surface area contributed by atoms with Gasteiger partial charge in [0.2, 0.25) is 5.91 Å². The number of amides is 3. The molecule has 0 spiro atoms. The third-order valence-corrected chi connectivity index (χ3v) is 6.67. The number of rotatable bonds is 11. The Bertz CT molecular complexity index is 1300. The van der Waals surface area contributed by atoms with Crippen LogP contribution in [-0.2, 0) is 19.1 Å². The molecule has 1 aliphatic heterocycles. The van der Waals surface area contributed by atoms with E-state index < -0.39 is 48.3 Å².